The maximum absolute atomic E-state index is 4.99. The number of hydrogen-bond acceptors (Lipinski definition) is 3. The molecule has 3 rings (SSSR count). The molecule has 1 aromatic carbocycles. The van der Waals surface area contributed by atoms with Crippen molar-refractivity contribution in [2.45, 2.75) is 44.9 Å². The molecular formula is C18H24N2S. The molecule has 0 amide bonds. The molecule has 0 radical (unpaired) electrons. The van der Waals surface area contributed by atoms with Gasteiger partial charge < -0.3 is 5.32 Å². The van der Waals surface area contributed by atoms with Gasteiger partial charge in [-0.25, -0.2) is 4.98 Å². The van der Waals surface area contributed by atoms with Crippen LogP contribution >= 0.6 is 11.3 Å². The summed E-state index contributed by atoms with van der Waals surface area (Å²) >= 11 is 1.95. The summed E-state index contributed by atoms with van der Waals surface area (Å²) in [7, 11) is 0. The lowest BCUT2D eigenvalue weighted by atomic mass is 9.86. The summed E-state index contributed by atoms with van der Waals surface area (Å²) in [6.07, 6.45) is 6.32. The number of aromatic nitrogens is 1. The lowest BCUT2D eigenvalue weighted by Gasteiger charge is -2.22. The van der Waals surface area contributed by atoms with Crippen LogP contribution in [0, 0.1) is 0 Å². The molecule has 1 aliphatic rings. The van der Waals surface area contributed by atoms with Crippen molar-refractivity contribution >= 4 is 11.3 Å². The Morgan fingerprint density at radius 3 is 2.67 bits per heavy atom. The molecule has 1 N–H and O–H groups in total. The molecular weight excluding hydrogens is 276 g/mol. The van der Waals surface area contributed by atoms with Crippen molar-refractivity contribution in [1.29, 1.82) is 0 Å². The molecule has 3 heteroatoms. The molecule has 2 aromatic rings. The van der Waals surface area contributed by atoms with Gasteiger partial charge in [0.1, 0.15) is 0 Å². The predicted octanol–water partition coefficient (Wildman–Crippen LogP) is 4.62. The minimum atomic E-state index is 0.731. The molecule has 1 heterocycles. The Hall–Kier alpha value is -1.19. The van der Waals surface area contributed by atoms with Gasteiger partial charge in [-0.05, 0) is 32.2 Å². The predicted molar refractivity (Wildman–Crippen MR) is 91.0 cm³/mol. The Kier molecular flexibility index (Phi) is 5.04. The maximum atomic E-state index is 4.99. The molecule has 1 aromatic heterocycles. The van der Waals surface area contributed by atoms with Crippen LogP contribution in [0.2, 0.25) is 0 Å². The van der Waals surface area contributed by atoms with E-state index in [-0.39, 0.29) is 0 Å². The van der Waals surface area contributed by atoms with Gasteiger partial charge in [0.25, 0.3) is 0 Å². The molecule has 1 saturated carbocycles. The number of nitrogens with one attached hydrogen (secondary N) is 1. The Labute approximate surface area is 131 Å². The highest BCUT2D eigenvalue weighted by Crippen LogP contribution is 2.41. The SMILES string of the molecule is CCCNCCc1sc(C2CCC2)nc1-c1ccccc1. The average molecular weight is 300 g/mol. The molecule has 0 bridgehead atoms. The van der Waals surface area contributed by atoms with Crippen molar-refractivity contribution in [2.75, 3.05) is 13.1 Å². The fraction of sp³-hybridized carbons (Fsp3) is 0.500. The van der Waals surface area contributed by atoms with Gasteiger partial charge in [0.15, 0.2) is 0 Å². The van der Waals surface area contributed by atoms with Crippen LogP contribution in [0.4, 0.5) is 0 Å². The second kappa shape index (κ2) is 7.19. The highest BCUT2D eigenvalue weighted by Gasteiger charge is 2.24. The van der Waals surface area contributed by atoms with Crippen LogP contribution in [0.25, 0.3) is 11.3 Å². The Morgan fingerprint density at radius 1 is 1.19 bits per heavy atom. The number of benzene rings is 1. The molecule has 0 atom stereocenters. The molecule has 2 nitrogen and oxygen atoms in total. The first-order chi connectivity index (χ1) is 10.4. The van der Waals surface area contributed by atoms with Gasteiger partial charge in [0, 0.05) is 22.9 Å². The summed E-state index contributed by atoms with van der Waals surface area (Å²) in [4.78, 5) is 6.44. The summed E-state index contributed by atoms with van der Waals surface area (Å²) < 4.78 is 0. The first-order valence-corrected chi connectivity index (χ1v) is 8.96. The van der Waals surface area contributed by atoms with Crippen molar-refractivity contribution in [3.63, 3.8) is 0 Å². The minimum Gasteiger partial charge on any atom is -0.316 e. The summed E-state index contributed by atoms with van der Waals surface area (Å²) in [6, 6.07) is 10.7. The second-order valence-electron chi connectivity index (χ2n) is 5.82. The van der Waals surface area contributed by atoms with Gasteiger partial charge in [0.2, 0.25) is 0 Å². The van der Waals surface area contributed by atoms with E-state index < -0.39 is 0 Å². The van der Waals surface area contributed by atoms with E-state index in [9.17, 15) is 0 Å². The van der Waals surface area contributed by atoms with E-state index >= 15 is 0 Å². The van der Waals surface area contributed by atoms with E-state index in [1.54, 1.807) is 0 Å². The monoisotopic (exact) mass is 300 g/mol. The summed E-state index contributed by atoms with van der Waals surface area (Å²) in [6.45, 7) is 4.37. The van der Waals surface area contributed by atoms with E-state index in [4.69, 9.17) is 4.98 Å². The lowest BCUT2D eigenvalue weighted by Crippen LogP contribution is -2.17. The molecule has 1 fully saturated rings. The van der Waals surface area contributed by atoms with Crippen molar-refractivity contribution < 1.29 is 0 Å². The second-order valence-corrected chi connectivity index (χ2v) is 6.93. The summed E-state index contributed by atoms with van der Waals surface area (Å²) in [5, 5.41) is 4.87. The van der Waals surface area contributed by atoms with Crippen molar-refractivity contribution in [2.24, 2.45) is 0 Å². The summed E-state index contributed by atoms with van der Waals surface area (Å²) in [5.41, 5.74) is 2.49. The van der Waals surface area contributed by atoms with Crippen LogP contribution < -0.4 is 5.32 Å². The number of thiazole rings is 1. The first kappa shape index (κ1) is 14.7. The fourth-order valence-corrected chi connectivity index (χ4v) is 3.95. The zero-order valence-electron chi connectivity index (χ0n) is 12.8. The average Bonchev–Trinajstić information content (AvgIpc) is 2.86. The third-order valence-electron chi connectivity index (χ3n) is 4.17. The smallest absolute Gasteiger partial charge is 0.0966 e. The van der Waals surface area contributed by atoms with Gasteiger partial charge >= 0.3 is 0 Å². The van der Waals surface area contributed by atoms with Crippen LogP contribution in [-0.2, 0) is 6.42 Å². The van der Waals surface area contributed by atoms with E-state index in [2.05, 4.69) is 42.6 Å². The zero-order chi connectivity index (χ0) is 14.5. The minimum absolute atomic E-state index is 0.731. The van der Waals surface area contributed by atoms with Gasteiger partial charge in [-0.1, -0.05) is 43.7 Å². The van der Waals surface area contributed by atoms with Gasteiger partial charge in [-0.15, -0.1) is 11.3 Å². The van der Waals surface area contributed by atoms with Gasteiger partial charge in [-0.2, -0.15) is 0 Å². The van der Waals surface area contributed by atoms with Crippen LogP contribution in [0.15, 0.2) is 30.3 Å². The molecule has 21 heavy (non-hydrogen) atoms. The van der Waals surface area contributed by atoms with Crippen molar-refractivity contribution in [1.82, 2.24) is 10.3 Å². The van der Waals surface area contributed by atoms with Gasteiger partial charge in [-0.3, -0.25) is 0 Å². The lowest BCUT2D eigenvalue weighted by molar-refractivity contribution is 0.418. The van der Waals surface area contributed by atoms with E-state index in [1.807, 2.05) is 11.3 Å². The van der Waals surface area contributed by atoms with Gasteiger partial charge in [0.05, 0.1) is 10.7 Å². The Morgan fingerprint density at radius 2 is 2.00 bits per heavy atom. The molecule has 0 aliphatic heterocycles. The van der Waals surface area contributed by atoms with E-state index in [0.717, 1.165) is 25.4 Å². The normalized spacial score (nSPS) is 15.1. The standard InChI is InChI=1S/C18H24N2S/c1-2-12-19-13-11-16-17(14-7-4-3-5-8-14)20-18(21-16)15-9-6-10-15/h3-5,7-8,15,19H,2,6,9-13H2,1H3. The van der Waals surface area contributed by atoms with Crippen LogP contribution in [-0.4, -0.2) is 18.1 Å². The largest absolute Gasteiger partial charge is 0.316 e. The quantitative estimate of drug-likeness (QED) is 0.755. The zero-order valence-corrected chi connectivity index (χ0v) is 13.6. The molecule has 0 spiro atoms. The van der Waals surface area contributed by atoms with Crippen molar-refractivity contribution in [3.05, 3.63) is 40.2 Å². The first-order valence-electron chi connectivity index (χ1n) is 8.14. The fourth-order valence-electron chi connectivity index (χ4n) is 2.69. The number of hydrogen-bond donors (Lipinski definition) is 1. The third kappa shape index (κ3) is 3.53. The van der Waals surface area contributed by atoms with E-state index in [1.165, 1.54) is 46.8 Å². The topological polar surface area (TPSA) is 24.9 Å². The third-order valence-corrected chi connectivity index (χ3v) is 5.45. The highest BCUT2D eigenvalue weighted by molar-refractivity contribution is 7.12. The molecule has 0 unspecified atom stereocenters. The highest BCUT2D eigenvalue weighted by atomic mass is 32.1. The van der Waals surface area contributed by atoms with Crippen molar-refractivity contribution in [3.8, 4) is 11.3 Å². The Balaban J connectivity index is 1.80. The van der Waals surface area contributed by atoms with Crippen LogP contribution in [0.3, 0.4) is 0 Å². The molecule has 0 saturated heterocycles. The number of nitrogens with zero attached hydrogens (tertiary/aromatic N) is 1. The van der Waals surface area contributed by atoms with Crippen LogP contribution in [0.5, 0.6) is 0 Å². The van der Waals surface area contributed by atoms with E-state index in [0.29, 0.717) is 0 Å². The number of rotatable bonds is 7. The van der Waals surface area contributed by atoms with Crippen LogP contribution in [0.1, 0.15) is 48.4 Å². The summed E-state index contributed by atoms with van der Waals surface area (Å²) in [5.74, 6) is 0.731. The Bertz CT molecular complexity index is 558. The molecule has 112 valence electrons. The maximum Gasteiger partial charge on any atom is 0.0966 e. The molecule has 1 aliphatic carbocycles.